The van der Waals surface area contributed by atoms with Crippen LogP contribution in [0.2, 0.25) is 0 Å². The van der Waals surface area contributed by atoms with Gasteiger partial charge in [-0.2, -0.15) is 0 Å². The number of hydrazine groups is 1. The van der Waals surface area contributed by atoms with Crippen molar-refractivity contribution in [2.75, 3.05) is 43.8 Å². The number of ether oxygens (including phenoxy) is 3. The third-order valence-electron chi connectivity index (χ3n) is 5.57. The van der Waals surface area contributed by atoms with Gasteiger partial charge in [-0.05, 0) is 18.6 Å². The van der Waals surface area contributed by atoms with E-state index in [1.807, 2.05) is 31.2 Å². The molecule has 0 bridgehead atoms. The number of carbonyl (C=O) groups is 2. The Morgan fingerprint density at radius 1 is 1.18 bits per heavy atom. The Morgan fingerprint density at radius 2 is 1.88 bits per heavy atom. The van der Waals surface area contributed by atoms with Crippen molar-refractivity contribution in [1.82, 2.24) is 10.9 Å². The number of amides is 2. The minimum Gasteiger partial charge on any atom is -0.493 e. The number of hydrogen-bond donors (Lipinski definition) is 3. The summed E-state index contributed by atoms with van der Waals surface area (Å²) in [6.07, 6.45) is -0.367. The SMILES string of the molecule is COc1cc(NC(=O)CSC2=NC3NNCC3C(=O)N2c2ccccc2C)cc(OC)c1OC. The molecule has 10 nitrogen and oxygen atoms in total. The van der Waals surface area contributed by atoms with Crippen molar-refractivity contribution in [3.63, 3.8) is 0 Å². The number of thioether (sulfide) groups is 1. The highest BCUT2D eigenvalue weighted by molar-refractivity contribution is 8.14. The van der Waals surface area contributed by atoms with E-state index >= 15 is 0 Å². The van der Waals surface area contributed by atoms with Crippen LogP contribution in [0.4, 0.5) is 11.4 Å². The summed E-state index contributed by atoms with van der Waals surface area (Å²) in [5.74, 6) is 0.728. The molecule has 2 aliphatic rings. The fraction of sp³-hybridized carbons (Fsp3) is 0.348. The second-order valence-corrected chi connectivity index (χ2v) is 8.64. The van der Waals surface area contributed by atoms with Crippen LogP contribution in [0.15, 0.2) is 41.4 Å². The molecule has 2 amide bonds. The quantitative estimate of drug-likeness (QED) is 0.547. The summed E-state index contributed by atoms with van der Waals surface area (Å²) in [7, 11) is 4.54. The summed E-state index contributed by atoms with van der Waals surface area (Å²) in [6.45, 7) is 2.44. The number of nitrogens with one attached hydrogen (secondary N) is 3. The zero-order chi connectivity index (χ0) is 24.2. The Bertz CT molecular complexity index is 1100. The van der Waals surface area contributed by atoms with E-state index in [4.69, 9.17) is 19.2 Å². The Hall–Kier alpha value is -3.28. The molecule has 0 radical (unpaired) electrons. The van der Waals surface area contributed by atoms with E-state index in [2.05, 4.69) is 16.2 Å². The average Bonchev–Trinajstić information content (AvgIpc) is 3.32. The van der Waals surface area contributed by atoms with Crippen LogP contribution in [0.1, 0.15) is 5.56 Å². The predicted octanol–water partition coefficient (Wildman–Crippen LogP) is 2.15. The number of methoxy groups -OCH3 is 3. The van der Waals surface area contributed by atoms with Crippen LogP contribution in [-0.4, -0.2) is 56.8 Å². The maximum absolute atomic E-state index is 13.3. The number of para-hydroxylation sites is 1. The number of amidine groups is 1. The van der Waals surface area contributed by atoms with Gasteiger partial charge < -0.3 is 19.5 Å². The number of nitrogens with zero attached hydrogens (tertiary/aromatic N) is 2. The van der Waals surface area contributed by atoms with Crippen LogP contribution >= 0.6 is 11.8 Å². The second kappa shape index (κ2) is 10.3. The number of aryl methyl sites for hydroxylation is 1. The van der Waals surface area contributed by atoms with Crippen molar-refractivity contribution in [3.05, 3.63) is 42.0 Å². The summed E-state index contributed by atoms with van der Waals surface area (Å²) >= 11 is 1.20. The molecule has 180 valence electrons. The standard InChI is InChI=1S/C23H27N5O5S/c1-13-7-5-6-8-16(13)28-22(30)15-11-24-27-21(15)26-23(28)34-12-19(29)25-14-9-17(31-2)20(33-4)18(10-14)32-3/h5-10,15,21,24,27H,11-12H2,1-4H3,(H,25,29). The van der Waals surface area contributed by atoms with Crippen molar-refractivity contribution in [3.8, 4) is 17.2 Å². The van der Waals surface area contributed by atoms with Gasteiger partial charge in [0.25, 0.3) is 0 Å². The minimum atomic E-state index is -0.367. The zero-order valence-electron chi connectivity index (χ0n) is 19.4. The van der Waals surface area contributed by atoms with Gasteiger partial charge in [0, 0.05) is 24.4 Å². The van der Waals surface area contributed by atoms with Gasteiger partial charge in [-0.3, -0.25) is 19.9 Å². The summed E-state index contributed by atoms with van der Waals surface area (Å²) < 4.78 is 16.0. The molecular formula is C23H27N5O5S. The highest BCUT2D eigenvalue weighted by atomic mass is 32.2. The van der Waals surface area contributed by atoms with Crippen LogP contribution in [0.5, 0.6) is 17.2 Å². The van der Waals surface area contributed by atoms with Gasteiger partial charge in [-0.1, -0.05) is 30.0 Å². The first-order chi connectivity index (χ1) is 16.5. The first-order valence-corrected chi connectivity index (χ1v) is 11.6. The molecule has 2 aromatic rings. The number of rotatable bonds is 7. The number of anilines is 2. The Balaban J connectivity index is 1.53. The van der Waals surface area contributed by atoms with Crippen LogP contribution < -0.4 is 35.3 Å². The predicted molar refractivity (Wildman–Crippen MR) is 132 cm³/mol. The van der Waals surface area contributed by atoms with Crippen molar-refractivity contribution in [2.24, 2.45) is 10.9 Å². The van der Waals surface area contributed by atoms with Gasteiger partial charge in [-0.15, -0.1) is 0 Å². The second-order valence-electron chi connectivity index (χ2n) is 7.70. The maximum Gasteiger partial charge on any atom is 0.241 e. The summed E-state index contributed by atoms with van der Waals surface area (Å²) in [6, 6.07) is 10.9. The number of aliphatic imine (C=N–C) groups is 1. The van der Waals surface area contributed by atoms with Gasteiger partial charge in [0.1, 0.15) is 6.17 Å². The van der Waals surface area contributed by atoms with Gasteiger partial charge in [0.15, 0.2) is 16.7 Å². The molecule has 2 heterocycles. The van der Waals surface area contributed by atoms with Crippen molar-refractivity contribution >= 4 is 40.1 Å². The van der Waals surface area contributed by atoms with Crippen LogP contribution in [0.3, 0.4) is 0 Å². The lowest BCUT2D eigenvalue weighted by atomic mass is 10.0. The lowest BCUT2D eigenvalue weighted by Crippen LogP contribution is -2.49. The molecule has 0 aliphatic carbocycles. The normalized spacial score (nSPS) is 19.4. The largest absolute Gasteiger partial charge is 0.493 e. The third-order valence-corrected chi connectivity index (χ3v) is 6.52. The number of hydrogen-bond acceptors (Lipinski definition) is 9. The Kier molecular flexibility index (Phi) is 7.25. The summed E-state index contributed by atoms with van der Waals surface area (Å²) in [5.41, 5.74) is 8.24. The smallest absolute Gasteiger partial charge is 0.241 e. The van der Waals surface area contributed by atoms with E-state index in [0.717, 1.165) is 11.3 Å². The fourth-order valence-electron chi connectivity index (χ4n) is 3.89. The third kappa shape index (κ3) is 4.67. The molecule has 2 aromatic carbocycles. The molecule has 34 heavy (non-hydrogen) atoms. The molecule has 2 aliphatic heterocycles. The molecule has 1 saturated heterocycles. The number of fused-ring (bicyclic) bond motifs is 1. The average molecular weight is 486 g/mol. The molecule has 0 aromatic heterocycles. The molecule has 0 saturated carbocycles. The summed E-state index contributed by atoms with van der Waals surface area (Å²) in [5, 5.41) is 3.31. The Morgan fingerprint density at radius 3 is 2.53 bits per heavy atom. The first kappa shape index (κ1) is 23.9. The molecule has 1 fully saturated rings. The molecule has 4 rings (SSSR count). The van der Waals surface area contributed by atoms with Gasteiger partial charge in [0.2, 0.25) is 17.6 Å². The molecule has 2 unspecified atom stereocenters. The van der Waals surface area contributed by atoms with E-state index in [-0.39, 0.29) is 29.7 Å². The zero-order valence-corrected chi connectivity index (χ0v) is 20.2. The highest BCUT2D eigenvalue weighted by Gasteiger charge is 2.42. The van der Waals surface area contributed by atoms with Crippen LogP contribution in [0.25, 0.3) is 0 Å². The lowest BCUT2D eigenvalue weighted by molar-refractivity contribution is -0.121. The Labute approximate surface area is 202 Å². The van der Waals surface area contributed by atoms with E-state index in [1.165, 1.54) is 33.1 Å². The van der Waals surface area contributed by atoms with Crippen LogP contribution in [-0.2, 0) is 9.59 Å². The summed E-state index contributed by atoms with van der Waals surface area (Å²) in [4.78, 5) is 32.5. The fourth-order valence-corrected chi connectivity index (χ4v) is 4.72. The minimum absolute atomic E-state index is 0.0516. The van der Waals surface area contributed by atoms with Gasteiger partial charge >= 0.3 is 0 Å². The number of carbonyl (C=O) groups excluding carboxylic acids is 2. The van der Waals surface area contributed by atoms with Crippen LogP contribution in [0, 0.1) is 12.8 Å². The van der Waals surface area contributed by atoms with Crippen molar-refractivity contribution in [1.29, 1.82) is 0 Å². The van der Waals surface area contributed by atoms with Crippen molar-refractivity contribution in [2.45, 2.75) is 13.1 Å². The molecular weight excluding hydrogens is 458 g/mol. The van der Waals surface area contributed by atoms with Crippen molar-refractivity contribution < 1.29 is 23.8 Å². The topological polar surface area (TPSA) is 114 Å². The first-order valence-electron chi connectivity index (χ1n) is 10.6. The van der Waals surface area contributed by atoms with E-state index < -0.39 is 0 Å². The monoisotopic (exact) mass is 485 g/mol. The molecule has 2 atom stereocenters. The highest BCUT2D eigenvalue weighted by Crippen LogP contribution is 2.40. The molecule has 11 heteroatoms. The number of benzene rings is 2. The lowest BCUT2D eigenvalue weighted by Gasteiger charge is -2.33. The van der Waals surface area contributed by atoms with E-state index in [9.17, 15) is 9.59 Å². The molecule has 3 N–H and O–H groups in total. The van der Waals surface area contributed by atoms with E-state index in [1.54, 1.807) is 17.0 Å². The van der Waals surface area contributed by atoms with Gasteiger partial charge in [-0.25, -0.2) is 10.4 Å². The molecule has 0 spiro atoms. The van der Waals surface area contributed by atoms with Gasteiger partial charge in [0.05, 0.1) is 38.7 Å². The maximum atomic E-state index is 13.3. The van der Waals surface area contributed by atoms with E-state index in [0.29, 0.717) is 34.6 Å².